The number of hydrogen-bond acceptors (Lipinski definition) is 3. The normalized spacial score (nSPS) is 22.5. The number of morpholine rings is 1. The quantitative estimate of drug-likeness (QED) is 0.760. The number of aromatic nitrogens is 1. The van der Waals surface area contributed by atoms with Crippen molar-refractivity contribution in [3.8, 4) is 0 Å². The van der Waals surface area contributed by atoms with Crippen LogP contribution in [-0.4, -0.2) is 41.1 Å². The minimum Gasteiger partial charge on any atom is -0.375 e. The summed E-state index contributed by atoms with van der Waals surface area (Å²) in [6, 6.07) is 9.51. The molecule has 1 saturated heterocycles. The van der Waals surface area contributed by atoms with E-state index in [1.54, 1.807) is 6.07 Å². The van der Waals surface area contributed by atoms with Crippen molar-refractivity contribution in [2.45, 2.75) is 26.0 Å². The number of fused-ring (bicyclic) bond motifs is 1. The summed E-state index contributed by atoms with van der Waals surface area (Å²) in [5, 5.41) is 2.15. The molecule has 0 aliphatic carbocycles. The van der Waals surface area contributed by atoms with Crippen LogP contribution in [0.4, 0.5) is 0 Å². The summed E-state index contributed by atoms with van der Waals surface area (Å²) in [5.41, 5.74) is 0.389. The molecule has 0 spiro atoms. The summed E-state index contributed by atoms with van der Waals surface area (Å²) in [7, 11) is 0. The molecule has 5 heteroatoms. The second-order valence-electron chi connectivity index (χ2n) is 5.47. The molecule has 0 N–H and O–H groups in total. The Hall–Kier alpha value is -1.65. The summed E-state index contributed by atoms with van der Waals surface area (Å²) < 4.78 is 5.56. The SMILES string of the molecule is CC1CN(C(=O)c2cc3ccccc3c(Cl)n2)C(C)CO1. The zero-order valence-electron chi connectivity index (χ0n) is 12.0. The predicted molar refractivity (Wildman–Crippen MR) is 82.7 cm³/mol. The number of pyridine rings is 1. The monoisotopic (exact) mass is 304 g/mol. The van der Waals surface area contributed by atoms with E-state index in [-0.39, 0.29) is 18.1 Å². The van der Waals surface area contributed by atoms with E-state index in [9.17, 15) is 4.79 Å². The third-order valence-corrected chi connectivity index (χ3v) is 4.07. The van der Waals surface area contributed by atoms with Crippen molar-refractivity contribution in [1.82, 2.24) is 9.88 Å². The molecular formula is C16H17ClN2O2. The summed E-state index contributed by atoms with van der Waals surface area (Å²) in [6.07, 6.45) is 0.0427. The molecule has 21 heavy (non-hydrogen) atoms. The highest BCUT2D eigenvalue weighted by Gasteiger charge is 2.29. The van der Waals surface area contributed by atoms with Gasteiger partial charge in [0.1, 0.15) is 10.8 Å². The van der Waals surface area contributed by atoms with Gasteiger partial charge >= 0.3 is 0 Å². The van der Waals surface area contributed by atoms with E-state index in [2.05, 4.69) is 4.98 Å². The van der Waals surface area contributed by atoms with Crippen LogP contribution in [0.1, 0.15) is 24.3 Å². The molecular weight excluding hydrogens is 288 g/mol. The molecule has 110 valence electrons. The molecule has 1 aromatic carbocycles. The van der Waals surface area contributed by atoms with Crippen LogP contribution in [0.3, 0.4) is 0 Å². The number of ether oxygens (including phenoxy) is 1. The number of halogens is 1. The highest BCUT2D eigenvalue weighted by molar-refractivity contribution is 6.34. The van der Waals surface area contributed by atoms with Crippen LogP contribution in [0.15, 0.2) is 30.3 Å². The van der Waals surface area contributed by atoms with E-state index in [4.69, 9.17) is 16.3 Å². The molecule has 3 rings (SSSR count). The largest absolute Gasteiger partial charge is 0.375 e. The number of hydrogen-bond donors (Lipinski definition) is 0. The van der Waals surface area contributed by atoms with Crippen molar-refractivity contribution in [3.05, 3.63) is 41.2 Å². The van der Waals surface area contributed by atoms with E-state index in [0.29, 0.717) is 24.0 Å². The van der Waals surface area contributed by atoms with Crippen molar-refractivity contribution in [2.24, 2.45) is 0 Å². The maximum Gasteiger partial charge on any atom is 0.272 e. The van der Waals surface area contributed by atoms with Gasteiger partial charge in [0, 0.05) is 11.9 Å². The molecule has 2 heterocycles. The van der Waals surface area contributed by atoms with Gasteiger partial charge in [-0.1, -0.05) is 35.9 Å². The van der Waals surface area contributed by atoms with Gasteiger partial charge < -0.3 is 9.64 Å². The Balaban J connectivity index is 1.97. The second-order valence-corrected chi connectivity index (χ2v) is 5.83. The van der Waals surface area contributed by atoms with Crippen molar-refractivity contribution in [2.75, 3.05) is 13.2 Å². The molecule has 2 aromatic rings. The van der Waals surface area contributed by atoms with Gasteiger partial charge in [-0.2, -0.15) is 0 Å². The average Bonchev–Trinajstić information content (AvgIpc) is 2.49. The summed E-state index contributed by atoms with van der Waals surface area (Å²) in [4.78, 5) is 18.8. The van der Waals surface area contributed by atoms with Crippen molar-refractivity contribution in [3.63, 3.8) is 0 Å². The van der Waals surface area contributed by atoms with Gasteiger partial charge in [-0.15, -0.1) is 0 Å². The Kier molecular flexibility index (Phi) is 3.83. The van der Waals surface area contributed by atoms with Gasteiger partial charge in [-0.3, -0.25) is 4.79 Å². The molecule has 1 aliphatic heterocycles. The minimum atomic E-state index is -0.0923. The maximum absolute atomic E-state index is 12.7. The zero-order chi connectivity index (χ0) is 15.0. The van der Waals surface area contributed by atoms with Crippen LogP contribution in [0, 0.1) is 0 Å². The number of amides is 1. The van der Waals surface area contributed by atoms with Gasteiger partial charge in [0.05, 0.1) is 18.8 Å². The fourth-order valence-electron chi connectivity index (χ4n) is 2.60. The summed E-state index contributed by atoms with van der Waals surface area (Å²) in [5.74, 6) is -0.0923. The number of carbonyl (C=O) groups is 1. The van der Waals surface area contributed by atoms with Crippen LogP contribution in [0.25, 0.3) is 10.8 Å². The first-order valence-corrected chi connectivity index (χ1v) is 7.42. The molecule has 1 fully saturated rings. The highest BCUT2D eigenvalue weighted by atomic mass is 35.5. The highest BCUT2D eigenvalue weighted by Crippen LogP contribution is 2.24. The smallest absolute Gasteiger partial charge is 0.272 e. The Morgan fingerprint density at radius 3 is 2.95 bits per heavy atom. The fraction of sp³-hybridized carbons (Fsp3) is 0.375. The minimum absolute atomic E-state index is 0.0424. The lowest BCUT2D eigenvalue weighted by Gasteiger charge is -2.36. The van der Waals surface area contributed by atoms with E-state index in [0.717, 1.165) is 10.8 Å². The Morgan fingerprint density at radius 1 is 1.38 bits per heavy atom. The summed E-state index contributed by atoms with van der Waals surface area (Å²) in [6.45, 7) is 5.07. The Bertz CT molecular complexity index is 689. The van der Waals surface area contributed by atoms with Gasteiger partial charge in [-0.05, 0) is 25.3 Å². The first-order valence-electron chi connectivity index (χ1n) is 7.04. The molecule has 4 nitrogen and oxygen atoms in total. The number of nitrogens with zero attached hydrogens (tertiary/aromatic N) is 2. The molecule has 0 saturated carbocycles. The second kappa shape index (κ2) is 5.62. The van der Waals surface area contributed by atoms with Gasteiger partial charge in [-0.25, -0.2) is 4.98 Å². The van der Waals surface area contributed by atoms with Crippen LogP contribution in [0.2, 0.25) is 5.15 Å². The van der Waals surface area contributed by atoms with Crippen molar-refractivity contribution in [1.29, 1.82) is 0 Å². The van der Waals surface area contributed by atoms with E-state index in [1.165, 1.54) is 0 Å². The lowest BCUT2D eigenvalue weighted by Crippen LogP contribution is -2.50. The van der Waals surface area contributed by atoms with Crippen LogP contribution in [-0.2, 0) is 4.74 Å². The number of carbonyl (C=O) groups excluding carboxylic acids is 1. The molecule has 1 aliphatic rings. The number of rotatable bonds is 1. The third-order valence-electron chi connectivity index (χ3n) is 3.78. The lowest BCUT2D eigenvalue weighted by atomic mass is 10.1. The van der Waals surface area contributed by atoms with Crippen LogP contribution in [0.5, 0.6) is 0 Å². The maximum atomic E-state index is 12.7. The molecule has 2 unspecified atom stereocenters. The molecule has 0 radical (unpaired) electrons. The fourth-order valence-corrected chi connectivity index (χ4v) is 2.86. The predicted octanol–water partition coefficient (Wildman–Crippen LogP) is 3.14. The van der Waals surface area contributed by atoms with Crippen molar-refractivity contribution < 1.29 is 9.53 Å². The summed E-state index contributed by atoms with van der Waals surface area (Å²) >= 11 is 6.20. The molecule has 1 aromatic heterocycles. The van der Waals surface area contributed by atoms with Crippen LogP contribution >= 0.6 is 11.6 Å². The molecule has 0 bridgehead atoms. The first kappa shape index (κ1) is 14.3. The average molecular weight is 305 g/mol. The van der Waals surface area contributed by atoms with Gasteiger partial charge in [0.15, 0.2) is 0 Å². The number of benzene rings is 1. The van der Waals surface area contributed by atoms with Gasteiger partial charge in [0.25, 0.3) is 5.91 Å². The molecule has 2 atom stereocenters. The Morgan fingerprint density at radius 2 is 2.14 bits per heavy atom. The zero-order valence-corrected chi connectivity index (χ0v) is 12.8. The third kappa shape index (κ3) is 2.74. The van der Waals surface area contributed by atoms with Crippen LogP contribution < -0.4 is 0 Å². The topological polar surface area (TPSA) is 42.4 Å². The lowest BCUT2D eigenvalue weighted by molar-refractivity contribution is -0.0388. The van der Waals surface area contributed by atoms with Crippen molar-refractivity contribution >= 4 is 28.3 Å². The Labute approximate surface area is 128 Å². The van der Waals surface area contributed by atoms with E-state index >= 15 is 0 Å². The standard InChI is InChI=1S/C16H17ClN2O2/c1-10-9-21-11(2)8-19(10)16(20)14-7-12-5-3-4-6-13(12)15(17)18-14/h3-7,10-11H,8-9H2,1-2H3. The van der Waals surface area contributed by atoms with Gasteiger partial charge in [0.2, 0.25) is 0 Å². The van der Waals surface area contributed by atoms with E-state index < -0.39 is 0 Å². The first-order chi connectivity index (χ1) is 10.1. The van der Waals surface area contributed by atoms with E-state index in [1.807, 2.05) is 43.0 Å². The molecule has 1 amide bonds.